The third-order valence-corrected chi connectivity index (χ3v) is 1.68. The van der Waals surface area contributed by atoms with Gasteiger partial charge in [0.15, 0.2) is 0 Å². The summed E-state index contributed by atoms with van der Waals surface area (Å²) in [5, 5.41) is 0. The molecule has 1 heterocycles. The van der Waals surface area contributed by atoms with Gasteiger partial charge in [-0.3, -0.25) is 0 Å². The summed E-state index contributed by atoms with van der Waals surface area (Å²) in [5.41, 5.74) is 0. The van der Waals surface area contributed by atoms with Gasteiger partial charge in [0.1, 0.15) is 0 Å². The van der Waals surface area contributed by atoms with Crippen molar-refractivity contribution >= 4 is 0 Å². The first-order chi connectivity index (χ1) is 4.43. The maximum absolute atomic E-state index is 5.46. The zero-order chi connectivity index (χ0) is 6.53. The van der Waals surface area contributed by atoms with Crippen LogP contribution in [0.2, 0.25) is 0 Å². The summed E-state index contributed by atoms with van der Waals surface area (Å²) >= 11 is 0. The highest BCUT2D eigenvalue weighted by Crippen LogP contribution is 2.15. The highest BCUT2D eigenvalue weighted by atomic mass is 16.5. The molecule has 0 saturated carbocycles. The molecule has 1 heteroatoms. The van der Waals surface area contributed by atoms with Crippen molar-refractivity contribution < 1.29 is 4.74 Å². The zero-order valence-electron chi connectivity index (χ0n) is 6.10. The van der Waals surface area contributed by atoms with E-state index in [-0.39, 0.29) is 0 Å². The molecule has 1 aliphatic heterocycles. The molecule has 1 aliphatic rings. The van der Waals surface area contributed by atoms with Crippen molar-refractivity contribution in [1.29, 1.82) is 0 Å². The van der Waals surface area contributed by atoms with Crippen LogP contribution in [0.1, 0.15) is 32.6 Å². The van der Waals surface area contributed by atoms with E-state index in [0.29, 0.717) is 6.10 Å². The van der Waals surface area contributed by atoms with Gasteiger partial charge in [-0.25, -0.2) is 0 Å². The second-order valence-corrected chi connectivity index (χ2v) is 2.58. The quantitative estimate of drug-likeness (QED) is 0.552. The van der Waals surface area contributed by atoms with Gasteiger partial charge >= 0.3 is 0 Å². The maximum Gasteiger partial charge on any atom is 0.0606 e. The third kappa shape index (κ3) is 2.35. The molecule has 1 radical (unpaired) electrons. The summed E-state index contributed by atoms with van der Waals surface area (Å²) in [6, 6.07) is 0. The zero-order valence-corrected chi connectivity index (χ0v) is 6.10. The van der Waals surface area contributed by atoms with Gasteiger partial charge in [0.25, 0.3) is 0 Å². The van der Waals surface area contributed by atoms with Crippen LogP contribution in [0.25, 0.3) is 0 Å². The molecule has 0 aromatic rings. The average Bonchev–Trinajstić information content (AvgIpc) is 1.91. The van der Waals surface area contributed by atoms with E-state index in [1.165, 1.54) is 25.7 Å². The molecule has 0 aliphatic carbocycles. The molecule has 0 spiro atoms. The lowest BCUT2D eigenvalue weighted by molar-refractivity contribution is 0.0437. The van der Waals surface area contributed by atoms with Crippen molar-refractivity contribution in [3.8, 4) is 0 Å². The van der Waals surface area contributed by atoms with Gasteiger partial charge in [0.2, 0.25) is 0 Å². The van der Waals surface area contributed by atoms with Crippen LogP contribution in [0.15, 0.2) is 0 Å². The Labute approximate surface area is 57.4 Å². The van der Waals surface area contributed by atoms with Crippen molar-refractivity contribution in [2.75, 3.05) is 6.61 Å². The fraction of sp³-hybridized carbons (Fsp3) is 0.875. The van der Waals surface area contributed by atoms with Crippen molar-refractivity contribution in [1.82, 2.24) is 0 Å². The predicted octanol–water partition coefficient (Wildman–Crippen LogP) is 2.17. The van der Waals surface area contributed by atoms with Gasteiger partial charge < -0.3 is 4.74 Å². The molecule has 0 bridgehead atoms. The summed E-state index contributed by atoms with van der Waals surface area (Å²) in [5.74, 6) is 0. The highest BCUT2D eigenvalue weighted by molar-refractivity contribution is 4.79. The molecule has 0 aromatic heterocycles. The Morgan fingerprint density at radius 3 is 3.11 bits per heavy atom. The molecule has 9 heavy (non-hydrogen) atoms. The largest absolute Gasteiger partial charge is 0.378 e. The smallest absolute Gasteiger partial charge is 0.0606 e. The first-order valence-electron chi connectivity index (χ1n) is 3.88. The lowest BCUT2D eigenvalue weighted by Gasteiger charge is -2.21. The molecular weight excluding hydrogens is 112 g/mol. The Morgan fingerprint density at radius 1 is 1.67 bits per heavy atom. The molecular formula is C8H15O. The molecule has 1 atom stereocenters. The Hall–Kier alpha value is -0.0400. The monoisotopic (exact) mass is 127 g/mol. The Kier molecular flexibility index (Phi) is 3.05. The Bertz CT molecular complexity index is 62.2. The molecule has 1 unspecified atom stereocenters. The minimum atomic E-state index is 0.476. The van der Waals surface area contributed by atoms with E-state index in [0.717, 1.165) is 6.61 Å². The molecule has 0 aromatic carbocycles. The predicted molar refractivity (Wildman–Crippen MR) is 38.2 cm³/mol. The van der Waals surface area contributed by atoms with Gasteiger partial charge in [0.05, 0.1) is 6.10 Å². The minimum Gasteiger partial charge on any atom is -0.378 e. The van der Waals surface area contributed by atoms with E-state index >= 15 is 0 Å². The van der Waals surface area contributed by atoms with Gasteiger partial charge in [0, 0.05) is 6.61 Å². The van der Waals surface area contributed by atoms with Crippen molar-refractivity contribution in [3.63, 3.8) is 0 Å². The number of ether oxygens (including phenoxy) is 1. The SMILES string of the molecule is CCCC1[CH]CCCO1. The van der Waals surface area contributed by atoms with E-state index in [4.69, 9.17) is 4.74 Å². The summed E-state index contributed by atoms with van der Waals surface area (Å²) in [6.07, 6.45) is 7.70. The lowest BCUT2D eigenvalue weighted by atomic mass is 10.1. The van der Waals surface area contributed by atoms with Crippen LogP contribution in [0, 0.1) is 6.42 Å². The average molecular weight is 127 g/mol. The van der Waals surface area contributed by atoms with Crippen LogP contribution in [0.3, 0.4) is 0 Å². The van der Waals surface area contributed by atoms with Crippen molar-refractivity contribution in [3.05, 3.63) is 6.42 Å². The summed E-state index contributed by atoms with van der Waals surface area (Å²) in [4.78, 5) is 0. The maximum atomic E-state index is 5.46. The van der Waals surface area contributed by atoms with Gasteiger partial charge in [-0.15, -0.1) is 0 Å². The van der Waals surface area contributed by atoms with Crippen molar-refractivity contribution in [2.45, 2.75) is 38.7 Å². The number of hydrogen-bond donors (Lipinski definition) is 0. The normalized spacial score (nSPS) is 28.3. The van der Waals surface area contributed by atoms with Crippen LogP contribution in [0.4, 0.5) is 0 Å². The van der Waals surface area contributed by atoms with E-state index < -0.39 is 0 Å². The number of rotatable bonds is 2. The van der Waals surface area contributed by atoms with Crippen LogP contribution in [-0.2, 0) is 4.74 Å². The second kappa shape index (κ2) is 3.89. The molecule has 1 rings (SSSR count). The van der Waals surface area contributed by atoms with Crippen LogP contribution >= 0.6 is 0 Å². The number of hydrogen-bond acceptors (Lipinski definition) is 1. The van der Waals surface area contributed by atoms with Crippen LogP contribution < -0.4 is 0 Å². The lowest BCUT2D eigenvalue weighted by Crippen LogP contribution is -2.18. The Morgan fingerprint density at radius 2 is 2.56 bits per heavy atom. The summed E-state index contributed by atoms with van der Waals surface area (Å²) < 4.78 is 5.46. The first-order valence-corrected chi connectivity index (χ1v) is 3.88. The molecule has 0 N–H and O–H groups in total. The fourth-order valence-electron chi connectivity index (χ4n) is 1.18. The van der Waals surface area contributed by atoms with Crippen LogP contribution in [0.5, 0.6) is 0 Å². The van der Waals surface area contributed by atoms with Crippen LogP contribution in [-0.4, -0.2) is 12.7 Å². The molecule has 1 nitrogen and oxygen atoms in total. The first kappa shape index (κ1) is 7.07. The van der Waals surface area contributed by atoms with E-state index in [1.807, 2.05) is 0 Å². The molecule has 1 saturated heterocycles. The van der Waals surface area contributed by atoms with E-state index in [9.17, 15) is 0 Å². The van der Waals surface area contributed by atoms with Gasteiger partial charge in [-0.1, -0.05) is 13.3 Å². The summed E-state index contributed by atoms with van der Waals surface area (Å²) in [6.45, 7) is 3.17. The minimum absolute atomic E-state index is 0.476. The fourth-order valence-corrected chi connectivity index (χ4v) is 1.18. The molecule has 0 amide bonds. The molecule has 1 fully saturated rings. The standard InChI is InChI=1S/C8H15O/c1-2-5-8-6-3-4-7-9-8/h6,8H,2-5,7H2,1H3. The van der Waals surface area contributed by atoms with E-state index in [2.05, 4.69) is 13.3 Å². The Balaban J connectivity index is 2.08. The van der Waals surface area contributed by atoms with E-state index in [1.54, 1.807) is 0 Å². The highest BCUT2D eigenvalue weighted by Gasteiger charge is 2.11. The van der Waals surface area contributed by atoms with Gasteiger partial charge in [-0.05, 0) is 25.7 Å². The summed E-state index contributed by atoms with van der Waals surface area (Å²) in [7, 11) is 0. The van der Waals surface area contributed by atoms with Crippen molar-refractivity contribution in [2.24, 2.45) is 0 Å². The second-order valence-electron chi connectivity index (χ2n) is 2.58. The van der Waals surface area contributed by atoms with Gasteiger partial charge in [-0.2, -0.15) is 0 Å². The third-order valence-electron chi connectivity index (χ3n) is 1.68. The molecule has 53 valence electrons. The topological polar surface area (TPSA) is 9.23 Å².